The van der Waals surface area contributed by atoms with Gasteiger partial charge in [-0.05, 0) is 36.1 Å². The van der Waals surface area contributed by atoms with Crippen molar-refractivity contribution in [2.24, 2.45) is 5.16 Å². The Bertz CT molecular complexity index is 852. The van der Waals surface area contributed by atoms with Gasteiger partial charge in [0.2, 0.25) is 5.91 Å². The standard InChI is InChI=1S/C21H21FN2O4/c1-27-23-18(15-10-12-17(22)13-11-15)8-5-9-20(25)24-19(14-28-21(24)26)16-6-3-2-4-7-16/h2-4,6-7,10-13,19H,5,8-9,14H2,1H3/b23-18+/t19-/m1/s1. The van der Waals surface area contributed by atoms with Crippen molar-refractivity contribution in [1.82, 2.24) is 4.90 Å². The van der Waals surface area contributed by atoms with Crippen molar-refractivity contribution < 1.29 is 23.6 Å². The van der Waals surface area contributed by atoms with Gasteiger partial charge in [-0.1, -0.05) is 47.6 Å². The number of nitrogens with zero attached hydrogens (tertiary/aromatic N) is 2. The molecule has 1 atom stereocenters. The number of cyclic esters (lactones) is 1. The third-order valence-corrected chi connectivity index (χ3v) is 4.51. The molecule has 2 aromatic rings. The number of carbonyl (C=O) groups excluding carboxylic acids is 2. The Labute approximate surface area is 162 Å². The van der Waals surface area contributed by atoms with Crippen molar-refractivity contribution >= 4 is 17.7 Å². The van der Waals surface area contributed by atoms with Gasteiger partial charge >= 0.3 is 6.09 Å². The van der Waals surface area contributed by atoms with Crippen molar-refractivity contribution in [3.63, 3.8) is 0 Å². The van der Waals surface area contributed by atoms with Crippen LogP contribution < -0.4 is 0 Å². The fourth-order valence-electron chi connectivity index (χ4n) is 3.14. The van der Waals surface area contributed by atoms with Crippen LogP contribution in [-0.4, -0.2) is 36.3 Å². The summed E-state index contributed by atoms with van der Waals surface area (Å²) in [5.41, 5.74) is 2.19. The molecule has 6 nitrogen and oxygen atoms in total. The molecule has 0 saturated carbocycles. The first-order valence-corrected chi connectivity index (χ1v) is 9.00. The average Bonchev–Trinajstić information content (AvgIpc) is 3.10. The van der Waals surface area contributed by atoms with Gasteiger partial charge in [0.25, 0.3) is 0 Å². The third kappa shape index (κ3) is 4.54. The molecule has 28 heavy (non-hydrogen) atoms. The average molecular weight is 384 g/mol. The Morgan fingerprint density at radius 3 is 2.57 bits per heavy atom. The van der Waals surface area contributed by atoms with E-state index >= 15 is 0 Å². The Kier molecular flexibility index (Phi) is 6.37. The van der Waals surface area contributed by atoms with E-state index in [1.165, 1.54) is 24.1 Å². The van der Waals surface area contributed by atoms with Gasteiger partial charge in [0.1, 0.15) is 25.6 Å². The second-order valence-corrected chi connectivity index (χ2v) is 6.35. The van der Waals surface area contributed by atoms with Crippen molar-refractivity contribution in [3.8, 4) is 0 Å². The second kappa shape index (κ2) is 9.12. The number of amides is 2. The molecule has 0 aliphatic carbocycles. The zero-order valence-corrected chi connectivity index (χ0v) is 15.5. The Hall–Kier alpha value is -3.22. The van der Waals surface area contributed by atoms with E-state index in [-0.39, 0.29) is 24.8 Å². The van der Waals surface area contributed by atoms with Crippen LogP contribution in [0.15, 0.2) is 59.8 Å². The van der Waals surface area contributed by atoms with Crippen LogP contribution in [0.3, 0.4) is 0 Å². The minimum atomic E-state index is -0.622. The summed E-state index contributed by atoms with van der Waals surface area (Å²) in [6, 6.07) is 14.8. The molecule has 0 spiro atoms. The number of ether oxygens (including phenoxy) is 1. The number of hydrogen-bond acceptors (Lipinski definition) is 5. The van der Waals surface area contributed by atoms with Crippen molar-refractivity contribution in [3.05, 3.63) is 71.5 Å². The molecule has 1 fully saturated rings. The van der Waals surface area contributed by atoms with Gasteiger partial charge in [-0.2, -0.15) is 0 Å². The van der Waals surface area contributed by atoms with E-state index < -0.39 is 12.1 Å². The molecule has 2 aromatic carbocycles. The first kappa shape index (κ1) is 19.5. The highest BCUT2D eigenvalue weighted by molar-refractivity contribution is 6.00. The first-order chi connectivity index (χ1) is 13.6. The number of imide groups is 1. The van der Waals surface area contributed by atoms with Gasteiger partial charge in [-0.25, -0.2) is 14.1 Å². The number of oxime groups is 1. The third-order valence-electron chi connectivity index (χ3n) is 4.51. The number of halogens is 1. The molecule has 2 amide bonds. The Balaban J connectivity index is 1.63. The summed E-state index contributed by atoms with van der Waals surface area (Å²) >= 11 is 0. The quantitative estimate of drug-likeness (QED) is 0.533. The van der Waals surface area contributed by atoms with E-state index in [9.17, 15) is 14.0 Å². The molecule has 1 aliphatic rings. The monoisotopic (exact) mass is 384 g/mol. The smallest absolute Gasteiger partial charge is 0.417 e. The Morgan fingerprint density at radius 2 is 1.89 bits per heavy atom. The summed E-state index contributed by atoms with van der Waals surface area (Å²) in [4.78, 5) is 30.8. The molecule has 0 N–H and O–H groups in total. The fourth-order valence-corrected chi connectivity index (χ4v) is 3.14. The lowest BCUT2D eigenvalue weighted by molar-refractivity contribution is -0.129. The van der Waals surface area contributed by atoms with Crippen molar-refractivity contribution in [2.75, 3.05) is 13.7 Å². The van der Waals surface area contributed by atoms with Crippen LogP contribution in [0.1, 0.15) is 36.4 Å². The van der Waals surface area contributed by atoms with Gasteiger partial charge in [0, 0.05) is 6.42 Å². The van der Waals surface area contributed by atoms with E-state index in [1.807, 2.05) is 30.3 Å². The van der Waals surface area contributed by atoms with Crippen LogP contribution >= 0.6 is 0 Å². The minimum Gasteiger partial charge on any atom is -0.446 e. The number of benzene rings is 2. The van der Waals surface area contributed by atoms with Crippen molar-refractivity contribution in [1.29, 1.82) is 0 Å². The maximum atomic E-state index is 13.1. The molecule has 146 valence electrons. The van der Waals surface area contributed by atoms with E-state index in [1.54, 1.807) is 12.1 Å². The largest absolute Gasteiger partial charge is 0.446 e. The number of rotatable bonds is 7. The van der Waals surface area contributed by atoms with Gasteiger partial charge in [-0.15, -0.1) is 0 Å². The highest BCUT2D eigenvalue weighted by atomic mass is 19.1. The van der Waals surface area contributed by atoms with Crippen LogP contribution in [0.2, 0.25) is 0 Å². The lowest BCUT2D eigenvalue weighted by atomic mass is 10.0. The first-order valence-electron chi connectivity index (χ1n) is 9.00. The normalized spacial score (nSPS) is 16.8. The van der Waals surface area contributed by atoms with Crippen molar-refractivity contribution in [2.45, 2.75) is 25.3 Å². The lowest BCUT2D eigenvalue weighted by Gasteiger charge is -2.20. The van der Waals surface area contributed by atoms with Crippen LogP contribution in [0.4, 0.5) is 9.18 Å². The van der Waals surface area contributed by atoms with Crippen LogP contribution in [0, 0.1) is 5.82 Å². The topological polar surface area (TPSA) is 68.2 Å². The molecule has 7 heteroatoms. The van der Waals surface area contributed by atoms with Gasteiger partial charge in [-0.3, -0.25) is 4.79 Å². The minimum absolute atomic E-state index is 0.153. The maximum absolute atomic E-state index is 13.1. The lowest BCUT2D eigenvalue weighted by Crippen LogP contribution is -2.34. The van der Waals surface area contributed by atoms with E-state index in [0.717, 1.165) is 11.1 Å². The highest BCUT2D eigenvalue weighted by Crippen LogP contribution is 2.28. The van der Waals surface area contributed by atoms with Gasteiger partial charge < -0.3 is 9.57 Å². The fraction of sp³-hybridized carbons (Fsp3) is 0.286. The number of hydrogen-bond donors (Lipinski definition) is 0. The summed E-state index contributed by atoms with van der Waals surface area (Å²) in [5.74, 6) is -0.637. The molecule has 1 heterocycles. The molecule has 1 aliphatic heterocycles. The second-order valence-electron chi connectivity index (χ2n) is 6.35. The summed E-state index contributed by atoms with van der Waals surface area (Å²) in [7, 11) is 1.43. The molecule has 1 saturated heterocycles. The van der Waals surface area contributed by atoms with Gasteiger partial charge in [0.15, 0.2) is 0 Å². The summed E-state index contributed by atoms with van der Waals surface area (Å²) in [6.07, 6.45) is 0.444. The maximum Gasteiger partial charge on any atom is 0.417 e. The molecule has 0 unspecified atom stereocenters. The van der Waals surface area contributed by atoms with E-state index in [4.69, 9.17) is 9.57 Å². The zero-order chi connectivity index (χ0) is 19.9. The molecular formula is C21H21FN2O4. The van der Waals surface area contributed by atoms with Crippen LogP contribution in [-0.2, 0) is 14.4 Å². The predicted molar refractivity (Wildman–Crippen MR) is 101 cm³/mol. The Morgan fingerprint density at radius 1 is 1.18 bits per heavy atom. The molecule has 0 bridgehead atoms. The molecule has 0 radical (unpaired) electrons. The highest BCUT2D eigenvalue weighted by Gasteiger charge is 2.38. The van der Waals surface area contributed by atoms with Crippen LogP contribution in [0.5, 0.6) is 0 Å². The van der Waals surface area contributed by atoms with Crippen LogP contribution in [0.25, 0.3) is 0 Å². The molecular weight excluding hydrogens is 363 g/mol. The SMILES string of the molecule is CO/N=C(\CCCC(=O)N1C(=O)OC[C@@H]1c1ccccc1)c1ccc(F)cc1. The number of carbonyl (C=O) groups is 2. The van der Waals surface area contributed by atoms with E-state index in [2.05, 4.69) is 5.16 Å². The molecule has 0 aromatic heterocycles. The molecule has 3 rings (SSSR count). The predicted octanol–water partition coefficient (Wildman–Crippen LogP) is 4.07. The van der Waals surface area contributed by atoms with E-state index in [0.29, 0.717) is 18.6 Å². The summed E-state index contributed by atoms with van der Waals surface area (Å²) < 4.78 is 18.2. The van der Waals surface area contributed by atoms with Gasteiger partial charge in [0.05, 0.1) is 5.71 Å². The zero-order valence-electron chi connectivity index (χ0n) is 15.5. The summed E-state index contributed by atoms with van der Waals surface area (Å²) in [6.45, 7) is 0.153. The summed E-state index contributed by atoms with van der Waals surface area (Å²) in [5, 5.41) is 3.97.